The van der Waals surface area contributed by atoms with Crippen molar-refractivity contribution in [2.24, 2.45) is 5.92 Å². The molecule has 0 unspecified atom stereocenters. The van der Waals surface area contributed by atoms with Gasteiger partial charge in [0.1, 0.15) is 0 Å². The first-order valence-electron chi connectivity index (χ1n) is 9.08. The van der Waals surface area contributed by atoms with Crippen molar-refractivity contribution in [3.05, 3.63) is 41.3 Å². The molecule has 0 atom stereocenters. The molecular formula is C19H28N2O2S. The Morgan fingerprint density at radius 1 is 1.04 bits per heavy atom. The molecule has 2 fully saturated rings. The SMILES string of the molecule is O=S(=O)(/C=C/c1ccccc1)NC1CCN(CC2CCCC2)CC1. The number of benzene rings is 1. The summed E-state index contributed by atoms with van der Waals surface area (Å²) in [6, 6.07) is 9.58. The standard InChI is InChI=1S/C19H28N2O2S/c22-24(23,15-12-17-6-2-1-3-7-17)20-19-10-13-21(14-11-19)16-18-8-4-5-9-18/h1-3,6-7,12,15,18-20H,4-5,8-11,13-14,16H2/b15-12+. The second-order valence-corrected chi connectivity index (χ2v) is 8.70. The number of hydrogen-bond donors (Lipinski definition) is 1. The highest BCUT2D eigenvalue weighted by Crippen LogP contribution is 2.26. The van der Waals surface area contributed by atoms with E-state index in [9.17, 15) is 8.42 Å². The van der Waals surface area contributed by atoms with E-state index < -0.39 is 10.0 Å². The van der Waals surface area contributed by atoms with Crippen molar-refractivity contribution >= 4 is 16.1 Å². The summed E-state index contributed by atoms with van der Waals surface area (Å²) in [6.45, 7) is 3.21. The molecule has 24 heavy (non-hydrogen) atoms. The molecule has 2 aliphatic rings. The van der Waals surface area contributed by atoms with Crippen LogP contribution in [0.1, 0.15) is 44.1 Å². The summed E-state index contributed by atoms with van der Waals surface area (Å²) in [5.74, 6) is 0.868. The molecule has 1 saturated heterocycles. The van der Waals surface area contributed by atoms with E-state index in [0.29, 0.717) is 0 Å². The maximum Gasteiger partial charge on any atom is 0.233 e. The first kappa shape index (κ1) is 17.6. The minimum atomic E-state index is -3.37. The van der Waals surface area contributed by atoms with E-state index >= 15 is 0 Å². The lowest BCUT2D eigenvalue weighted by atomic mass is 10.0. The van der Waals surface area contributed by atoms with Crippen molar-refractivity contribution < 1.29 is 8.42 Å². The van der Waals surface area contributed by atoms with Crippen LogP contribution >= 0.6 is 0 Å². The van der Waals surface area contributed by atoms with E-state index in [1.54, 1.807) is 6.08 Å². The molecule has 3 rings (SSSR count). The smallest absolute Gasteiger partial charge is 0.233 e. The third-order valence-electron chi connectivity index (χ3n) is 5.15. The van der Waals surface area contributed by atoms with Gasteiger partial charge in [-0.3, -0.25) is 0 Å². The van der Waals surface area contributed by atoms with Gasteiger partial charge >= 0.3 is 0 Å². The summed E-state index contributed by atoms with van der Waals surface area (Å²) in [5, 5.41) is 1.28. The Labute approximate surface area is 146 Å². The number of likely N-dealkylation sites (tertiary alicyclic amines) is 1. The van der Waals surface area contributed by atoms with Crippen LogP contribution in [-0.4, -0.2) is 39.0 Å². The van der Waals surface area contributed by atoms with Gasteiger partial charge in [-0.15, -0.1) is 0 Å². The molecule has 0 radical (unpaired) electrons. The van der Waals surface area contributed by atoms with Gasteiger partial charge in [-0.1, -0.05) is 43.2 Å². The summed E-state index contributed by atoms with van der Waals surface area (Å²) in [5.41, 5.74) is 0.897. The lowest BCUT2D eigenvalue weighted by Crippen LogP contribution is -2.45. The number of sulfonamides is 1. The zero-order valence-electron chi connectivity index (χ0n) is 14.2. The highest BCUT2D eigenvalue weighted by Gasteiger charge is 2.25. The fourth-order valence-electron chi connectivity index (χ4n) is 3.80. The van der Waals surface area contributed by atoms with Gasteiger partial charge in [0.2, 0.25) is 10.0 Å². The van der Waals surface area contributed by atoms with Crippen LogP contribution in [0.3, 0.4) is 0 Å². The topological polar surface area (TPSA) is 49.4 Å². The largest absolute Gasteiger partial charge is 0.303 e. The Morgan fingerprint density at radius 3 is 2.38 bits per heavy atom. The number of piperidine rings is 1. The predicted octanol–water partition coefficient (Wildman–Crippen LogP) is 3.23. The van der Waals surface area contributed by atoms with Crippen LogP contribution in [0.5, 0.6) is 0 Å². The molecule has 0 bridgehead atoms. The molecule has 0 aromatic heterocycles. The number of nitrogens with one attached hydrogen (secondary N) is 1. The summed E-state index contributed by atoms with van der Waals surface area (Å²) >= 11 is 0. The Bertz CT molecular complexity index is 629. The molecule has 1 aromatic carbocycles. The molecule has 0 spiro atoms. The Kier molecular flexibility index (Phi) is 6.09. The summed E-state index contributed by atoms with van der Waals surface area (Å²) in [6.07, 6.45) is 8.98. The monoisotopic (exact) mass is 348 g/mol. The third kappa shape index (κ3) is 5.43. The lowest BCUT2D eigenvalue weighted by molar-refractivity contribution is 0.180. The molecule has 132 valence electrons. The van der Waals surface area contributed by atoms with Crippen LogP contribution < -0.4 is 4.72 Å². The van der Waals surface area contributed by atoms with Crippen LogP contribution in [-0.2, 0) is 10.0 Å². The number of hydrogen-bond acceptors (Lipinski definition) is 3. The van der Waals surface area contributed by atoms with Gasteiger partial charge in [-0.25, -0.2) is 13.1 Å². The van der Waals surface area contributed by atoms with Crippen molar-refractivity contribution in [2.45, 2.75) is 44.6 Å². The lowest BCUT2D eigenvalue weighted by Gasteiger charge is -2.33. The first-order chi connectivity index (χ1) is 11.6. The van der Waals surface area contributed by atoms with E-state index in [1.807, 2.05) is 30.3 Å². The van der Waals surface area contributed by atoms with Crippen molar-refractivity contribution in [1.29, 1.82) is 0 Å². The van der Waals surface area contributed by atoms with E-state index in [4.69, 9.17) is 0 Å². The van der Waals surface area contributed by atoms with Crippen LogP contribution in [0.15, 0.2) is 35.7 Å². The van der Waals surface area contributed by atoms with Crippen LogP contribution in [0, 0.1) is 5.92 Å². The first-order valence-corrected chi connectivity index (χ1v) is 10.6. The average molecular weight is 349 g/mol. The second kappa shape index (κ2) is 8.28. The molecule has 0 amide bonds. The quantitative estimate of drug-likeness (QED) is 0.859. The maximum atomic E-state index is 12.2. The fraction of sp³-hybridized carbons (Fsp3) is 0.579. The Balaban J connectivity index is 1.45. The molecule has 1 N–H and O–H groups in total. The highest BCUT2D eigenvalue weighted by atomic mass is 32.2. The van der Waals surface area contributed by atoms with Gasteiger partial charge in [-0.2, -0.15) is 0 Å². The predicted molar refractivity (Wildman–Crippen MR) is 99.0 cm³/mol. The second-order valence-electron chi connectivity index (χ2n) is 7.10. The zero-order valence-corrected chi connectivity index (χ0v) is 15.0. The molecule has 1 aromatic rings. The van der Waals surface area contributed by atoms with Crippen LogP contribution in [0.25, 0.3) is 6.08 Å². The number of rotatable bonds is 6. The van der Waals surface area contributed by atoms with Gasteiger partial charge in [-0.05, 0) is 56.3 Å². The minimum Gasteiger partial charge on any atom is -0.303 e. The zero-order chi connectivity index (χ0) is 16.8. The normalized spacial score (nSPS) is 21.7. The van der Waals surface area contributed by atoms with E-state index in [-0.39, 0.29) is 6.04 Å². The molecule has 1 heterocycles. The van der Waals surface area contributed by atoms with Crippen LogP contribution in [0.2, 0.25) is 0 Å². The fourth-order valence-corrected chi connectivity index (χ4v) is 4.91. The third-order valence-corrected chi connectivity index (χ3v) is 6.31. The molecule has 5 heteroatoms. The van der Waals surface area contributed by atoms with Gasteiger partial charge in [0.25, 0.3) is 0 Å². The average Bonchev–Trinajstić information content (AvgIpc) is 3.09. The van der Waals surface area contributed by atoms with Gasteiger partial charge < -0.3 is 4.90 Å². The summed E-state index contributed by atoms with van der Waals surface area (Å²) in [7, 11) is -3.37. The molecule has 4 nitrogen and oxygen atoms in total. The van der Waals surface area contributed by atoms with Gasteiger partial charge in [0, 0.05) is 18.0 Å². The van der Waals surface area contributed by atoms with E-state index in [0.717, 1.165) is 37.4 Å². The molecule has 1 saturated carbocycles. The van der Waals surface area contributed by atoms with E-state index in [2.05, 4.69) is 9.62 Å². The molecule has 1 aliphatic heterocycles. The van der Waals surface area contributed by atoms with Crippen molar-refractivity contribution in [2.75, 3.05) is 19.6 Å². The molecule has 1 aliphatic carbocycles. The molecular weight excluding hydrogens is 320 g/mol. The van der Waals surface area contributed by atoms with Crippen molar-refractivity contribution in [1.82, 2.24) is 9.62 Å². The van der Waals surface area contributed by atoms with Gasteiger partial charge in [0.05, 0.1) is 0 Å². The van der Waals surface area contributed by atoms with Crippen molar-refractivity contribution in [3.63, 3.8) is 0 Å². The summed E-state index contributed by atoms with van der Waals surface area (Å²) in [4.78, 5) is 2.51. The Morgan fingerprint density at radius 2 is 1.71 bits per heavy atom. The highest BCUT2D eigenvalue weighted by molar-refractivity contribution is 7.92. The van der Waals surface area contributed by atoms with E-state index in [1.165, 1.54) is 37.6 Å². The van der Waals surface area contributed by atoms with Crippen LogP contribution in [0.4, 0.5) is 0 Å². The van der Waals surface area contributed by atoms with Crippen molar-refractivity contribution in [3.8, 4) is 0 Å². The Hall–Kier alpha value is -1.17. The maximum absolute atomic E-state index is 12.2. The summed E-state index contributed by atoms with van der Waals surface area (Å²) < 4.78 is 27.3. The minimum absolute atomic E-state index is 0.0650. The van der Waals surface area contributed by atoms with Gasteiger partial charge in [0.15, 0.2) is 0 Å². The number of nitrogens with zero attached hydrogens (tertiary/aromatic N) is 1.